The van der Waals surface area contributed by atoms with Crippen LogP contribution in [0.25, 0.3) is 0 Å². The first-order valence-corrected chi connectivity index (χ1v) is 3.71. The lowest BCUT2D eigenvalue weighted by Gasteiger charge is -1.87. The molecule has 0 radical (unpaired) electrons. The molecule has 0 aromatic heterocycles. The van der Waals surface area contributed by atoms with Crippen molar-refractivity contribution in [3.05, 3.63) is 0 Å². The van der Waals surface area contributed by atoms with E-state index in [9.17, 15) is 0 Å². The Bertz CT molecular complexity index is 52.0. The van der Waals surface area contributed by atoms with Gasteiger partial charge in [-0.1, -0.05) is 0 Å². The Labute approximate surface area is 48.1 Å². The van der Waals surface area contributed by atoms with Gasteiger partial charge in [0, 0.05) is 17.6 Å². The van der Waals surface area contributed by atoms with Crippen LogP contribution in [-0.2, 0) is 0 Å². The molecule has 1 N–H and O–H groups in total. The number of rotatable bonds is 3. The number of thioether (sulfide) groups is 1. The van der Waals surface area contributed by atoms with E-state index in [2.05, 4.69) is 0 Å². The lowest BCUT2D eigenvalue weighted by atomic mass is 10.3. The first-order chi connectivity index (χ1) is 3.43. The highest BCUT2D eigenvalue weighted by Crippen LogP contribution is 2.33. The molecule has 1 saturated heterocycles. The molecule has 0 amide bonds. The Morgan fingerprint density at radius 1 is 1.71 bits per heavy atom. The maximum absolute atomic E-state index is 8.33. The van der Waals surface area contributed by atoms with Gasteiger partial charge in [0.05, 0.1) is 0 Å². The number of hydrogen-bond donors (Lipinski definition) is 1. The fraction of sp³-hybridized carbons (Fsp3) is 1.00. The van der Waals surface area contributed by atoms with Gasteiger partial charge >= 0.3 is 0 Å². The van der Waals surface area contributed by atoms with E-state index in [0.29, 0.717) is 6.61 Å². The summed E-state index contributed by atoms with van der Waals surface area (Å²) in [7, 11) is 0. The maximum atomic E-state index is 8.33. The van der Waals surface area contributed by atoms with E-state index in [4.69, 9.17) is 5.11 Å². The van der Waals surface area contributed by atoms with Crippen molar-refractivity contribution in [3.8, 4) is 0 Å². The summed E-state index contributed by atoms with van der Waals surface area (Å²) in [6.45, 7) is 0.372. The van der Waals surface area contributed by atoms with Gasteiger partial charge in [-0.2, -0.15) is 11.8 Å². The van der Waals surface area contributed by atoms with E-state index < -0.39 is 0 Å². The molecule has 1 fully saturated rings. The van der Waals surface area contributed by atoms with Gasteiger partial charge in [0.15, 0.2) is 0 Å². The second kappa shape index (κ2) is 2.58. The minimum Gasteiger partial charge on any atom is -0.396 e. The van der Waals surface area contributed by atoms with Crippen molar-refractivity contribution in [2.24, 2.45) is 0 Å². The van der Waals surface area contributed by atoms with E-state index in [1.54, 1.807) is 0 Å². The zero-order valence-electron chi connectivity index (χ0n) is 4.26. The first kappa shape index (κ1) is 5.45. The largest absolute Gasteiger partial charge is 0.396 e. The van der Waals surface area contributed by atoms with Gasteiger partial charge in [0.25, 0.3) is 0 Å². The molecule has 1 atom stereocenters. The zero-order valence-corrected chi connectivity index (χ0v) is 5.08. The van der Waals surface area contributed by atoms with E-state index in [0.717, 1.165) is 11.7 Å². The van der Waals surface area contributed by atoms with Crippen molar-refractivity contribution in [1.29, 1.82) is 0 Å². The van der Waals surface area contributed by atoms with Crippen molar-refractivity contribution in [2.45, 2.75) is 18.1 Å². The van der Waals surface area contributed by atoms with Gasteiger partial charge in [-0.15, -0.1) is 0 Å². The monoisotopic (exact) mass is 118 g/mol. The van der Waals surface area contributed by atoms with Crippen LogP contribution in [0.2, 0.25) is 0 Å². The Balaban J connectivity index is 1.80. The third kappa shape index (κ3) is 2.19. The molecule has 0 aromatic carbocycles. The Hall–Kier alpha value is 0.310. The summed E-state index contributed by atoms with van der Waals surface area (Å²) in [5.74, 6) is 1.33. The summed E-state index contributed by atoms with van der Waals surface area (Å²) in [5, 5.41) is 9.24. The van der Waals surface area contributed by atoms with E-state index >= 15 is 0 Å². The van der Waals surface area contributed by atoms with Crippen molar-refractivity contribution in [1.82, 2.24) is 0 Å². The molecule has 0 aromatic rings. The lowest BCUT2D eigenvalue weighted by molar-refractivity contribution is 0.285. The van der Waals surface area contributed by atoms with Crippen LogP contribution < -0.4 is 0 Å². The highest BCUT2D eigenvalue weighted by Gasteiger charge is 2.20. The molecule has 2 heteroatoms. The molecule has 1 aliphatic heterocycles. The third-order valence-electron chi connectivity index (χ3n) is 1.09. The standard InChI is InChI=1S/C5H10OS/c6-3-1-2-5-4-7-5/h5-6H,1-4H2. The Morgan fingerprint density at radius 2 is 2.43 bits per heavy atom. The predicted octanol–water partition coefficient (Wildman–Crippen LogP) is 0.874. The average molecular weight is 118 g/mol. The van der Waals surface area contributed by atoms with Crippen LogP contribution in [0.15, 0.2) is 0 Å². The van der Waals surface area contributed by atoms with Crippen LogP contribution >= 0.6 is 11.8 Å². The average Bonchev–Trinajstić information content (AvgIpc) is 2.42. The van der Waals surface area contributed by atoms with Gasteiger partial charge in [-0.25, -0.2) is 0 Å². The molecule has 42 valence electrons. The summed E-state index contributed by atoms with van der Waals surface area (Å²) in [6.07, 6.45) is 2.22. The van der Waals surface area contributed by atoms with Crippen LogP contribution in [0.4, 0.5) is 0 Å². The highest BCUT2D eigenvalue weighted by atomic mass is 32.2. The second-order valence-corrected chi connectivity index (χ2v) is 3.15. The second-order valence-electron chi connectivity index (χ2n) is 1.82. The van der Waals surface area contributed by atoms with Gasteiger partial charge in [0.2, 0.25) is 0 Å². The Kier molecular flexibility index (Phi) is 2.00. The molecular weight excluding hydrogens is 108 g/mol. The van der Waals surface area contributed by atoms with Gasteiger partial charge in [-0.05, 0) is 12.8 Å². The Morgan fingerprint density at radius 3 is 2.86 bits per heavy atom. The van der Waals surface area contributed by atoms with Crippen molar-refractivity contribution >= 4 is 11.8 Å². The molecule has 0 saturated carbocycles. The number of aliphatic hydroxyl groups excluding tert-OH is 1. The molecule has 1 unspecified atom stereocenters. The molecule has 7 heavy (non-hydrogen) atoms. The lowest BCUT2D eigenvalue weighted by Crippen LogP contribution is -1.86. The molecule has 1 heterocycles. The van der Waals surface area contributed by atoms with Crippen LogP contribution in [0.3, 0.4) is 0 Å². The normalized spacial score (nSPS) is 27.9. The van der Waals surface area contributed by atoms with Crippen molar-refractivity contribution < 1.29 is 5.11 Å². The molecule has 0 aliphatic carbocycles. The topological polar surface area (TPSA) is 20.2 Å². The van der Waals surface area contributed by atoms with Gasteiger partial charge in [0.1, 0.15) is 0 Å². The molecular formula is C5H10OS. The smallest absolute Gasteiger partial charge is 0.0431 e. The van der Waals surface area contributed by atoms with Crippen molar-refractivity contribution in [3.63, 3.8) is 0 Å². The summed E-state index contributed by atoms with van der Waals surface area (Å²) >= 11 is 2.00. The van der Waals surface area contributed by atoms with Gasteiger partial charge in [-0.3, -0.25) is 0 Å². The SMILES string of the molecule is OCCCC1CS1. The maximum Gasteiger partial charge on any atom is 0.0431 e. The van der Waals surface area contributed by atoms with Gasteiger partial charge < -0.3 is 5.11 Å². The predicted molar refractivity (Wildman–Crippen MR) is 32.6 cm³/mol. The van der Waals surface area contributed by atoms with Crippen LogP contribution in [0.5, 0.6) is 0 Å². The van der Waals surface area contributed by atoms with Crippen molar-refractivity contribution in [2.75, 3.05) is 12.4 Å². The fourth-order valence-corrected chi connectivity index (χ4v) is 1.19. The quantitative estimate of drug-likeness (QED) is 0.555. The summed E-state index contributed by atoms with van der Waals surface area (Å²) < 4.78 is 0. The van der Waals surface area contributed by atoms with E-state index in [-0.39, 0.29) is 0 Å². The molecule has 0 bridgehead atoms. The molecule has 1 rings (SSSR count). The van der Waals surface area contributed by atoms with Crippen LogP contribution in [0.1, 0.15) is 12.8 Å². The molecule has 1 aliphatic rings. The number of aliphatic hydroxyl groups is 1. The van der Waals surface area contributed by atoms with E-state index in [1.165, 1.54) is 12.2 Å². The summed E-state index contributed by atoms with van der Waals surface area (Å²) in [4.78, 5) is 0. The van der Waals surface area contributed by atoms with Crippen LogP contribution in [-0.4, -0.2) is 22.7 Å². The third-order valence-corrected chi connectivity index (χ3v) is 2.13. The minimum absolute atomic E-state index is 0.372. The number of hydrogen-bond acceptors (Lipinski definition) is 2. The summed E-state index contributed by atoms with van der Waals surface area (Å²) in [6, 6.07) is 0. The fourth-order valence-electron chi connectivity index (χ4n) is 0.554. The highest BCUT2D eigenvalue weighted by molar-refractivity contribution is 8.06. The van der Waals surface area contributed by atoms with Crippen LogP contribution in [0, 0.1) is 0 Å². The minimum atomic E-state index is 0.372. The first-order valence-electron chi connectivity index (χ1n) is 2.66. The zero-order chi connectivity index (χ0) is 5.11. The molecule has 0 spiro atoms. The van der Waals surface area contributed by atoms with E-state index in [1.807, 2.05) is 11.8 Å². The summed E-state index contributed by atoms with van der Waals surface area (Å²) in [5.41, 5.74) is 0. The molecule has 1 nitrogen and oxygen atoms in total.